The molecule has 5 heteroatoms. The normalized spacial score (nSPS) is 13.5. The summed E-state index contributed by atoms with van der Waals surface area (Å²) in [7, 11) is 1.76. The molecule has 0 bridgehead atoms. The van der Waals surface area contributed by atoms with Gasteiger partial charge in [-0.2, -0.15) is 0 Å². The van der Waals surface area contributed by atoms with E-state index in [2.05, 4.69) is 26.2 Å². The Labute approximate surface area is 73.3 Å². The maximum absolute atomic E-state index is 9.45. The number of hydrogen-bond donors (Lipinski definition) is 1. The van der Waals surface area contributed by atoms with Crippen molar-refractivity contribution in [3.63, 3.8) is 0 Å². The van der Waals surface area contributed by atoms with Crippen LogP contribution in [0.15, 0.2) is 4.60 Å². The summed E-state index contributed by atoms with van der Waals surface area (Å²) in [6.07, 6.45) is 0.184. The summed E-state index contributed by atoms with van der Waals surface area (Å²) >= 11 is 3.20. The van der Waals surface area contributed by atoms with E-state index in [1.807, 2.05) is 6.92 Å². The summed E-state index contributed by atoms with van der Waals surface area (Å²) in [6, 6.07) is 0. The highest BCUT2D eigenvalue weighted by atomic mass is 79.9. The van der Waals surface area contributed by atoms with E-state index in [0.717, 1.165) is 5.69 Å². The molecule has 0 saturated carbocycles. The third-order valence-electron chi connectivity index (χ3n) is 1.53. The molecular formula is C6H10BrN3O. The molecule has 0 fully saturated rings. The predicted octanol–water partition coefficient (Wildman–Crippen LogP) is 1.02. The molecule has 1 aromatic heterocycles. The van der Waals surface area contributed by atoms with E-state index in [1.165, 1.54) is 0 Å². The molecule has 1 atom stereocenters. The lowest BCUT2D eigenvalue weighted by atomic mass is 10.2. The molecule has 0 aliphatic heterocycles. The second-order valence-corrected chi connectivity index (χ2v) is 3.06. The lowest BCUT2D eigenvalue weighted by molar-refractivity contribution is 0.163. The third-order valence-corrected chi connectivity index (χ3v) is 2.09. The Morgan fingerprint density at radius 2 is 2.36 bits per heavy atom. The van der Waals surface area contributed by atoms with Crippen LogP contribution in [0.4, 0.5) is 0 Å². The molecule has 0 aliphatic rings. The average Bonchev–Trinajstić information content (AvgIpc) is 2.30. The van der Waals surface area contributed by atoms with Gasteiger partial charge < -0.3 is 5.11 Å². The van der Waals surface area contributed by atoms with Crippen LogP contribution in [0.3, 0.4) is 0 Å². The first-order valence-electron chi connectivity index (χ1n) is 3.40. The minimum absolute atomic E-state index is 0.482. The SMILES string of the molecule is CCC(O)c1c(Br)nnn1C. The van der Waals surface area contributed by atoms with Gasteiger partial charge in [0.2, 0.25) is 0 Å². The maximum Gasteiger partial charge on any atom is 0.154 e. The van der Waals surface area contributed by atoms with Gasteiger partial charge >= 0.3 is 0 Å². The van der Waals surface area contributed by atoms with E-state index in [0.29, 0.717) is 11.0 Å². The van der Waals surface area contributed by atoms with Gasteiger partial charge in [-0.05, 0) is 22.4 Å². The van der Waals surface area contributed by atoms with Gasteiger partial charge in [0.1, 0.15) is 5.69 Å². The summed E-state index contributed by atoms with van der Waals surface area (Å²) in [4.78, 5) is 0. The molecule has 0 aliphatic carbocycles. The molecule has 0 spiro atoms. The molecular weight excluding hydrogens is 210 g/mol. The van der Waals surface area contributed by atoms with E-state index in [4.69, 9.17) is 0 Å². The van der Waals surface area contributed by atoms with E-state index in [-0.39, 0.29) is 0 Å². The van der Waals surface area contributed by atoms with Gasteiger partial charge in [0.25, 0.3) is 0 Å². The number of rotatable bonds is 2. The quantitative estimate of drug-likeness (QED) is 0.809. The summed E-state index contributed by atoms with van der Waals surface area (Å²) in [5.74, 6) is 0. The second kappa shape index (κ2) is 3.32. The maximum atomic E-state index is 9.45. The number of aryl methyl sites for hydroxylation is 1. The summed E-state index contributed by atoms with van der Waals surface area (Å²) in [5, 5.41) is 16.9. The molecule has 1 unspecified atom stereocenters. The number of aliphatic hydroxyl groups is 1. The molecule has 62 valence electrons. The van der Waals surface area contributed by atoms with Crippen molar-refractivity contribution in [2.24, 2.45) is 7.05 Å². The van der Waals surface area contributed by atoms with E-state index in [9.17, 15) is 5.11 Å². The fourth-order valence-corrected chi connectivity index (χ4v) is 1.48. The van der Waals surface area contributed by atoms with Crippen molar-refractivity contribution in [1.29, 1.82) is 0 Å². The molecule has 1 N–H and O–H groups in total. The average molecular weight is 220 g/mol. The molecule has 0 aromatic carbocycles. The van der Waals surface area contributed by atoms with Crippen molar-refractivity contribution in [2.45, 2.75) is 19.4 Å². The molecule has 4 nitrogen and oxygen atoms in total. The van der Waals surface area contributed by atoms with Gasteiger partial charge in [0.05, 0.1) is 6.10 Å². The Morgan fingerprint density at radius 1 is 1.73 bits per heavy atom. The summed E-state index contributed by atoms with van der Waals surface area (Å²) < 4.78 is 2.19. The van der Waals surface area contributed by atoms with Crippen LogP contribution in [0, 0.1) is 0 Å². The smallest absolute Gasteiger partial charge is 0.154 e. The number of aromatic nitrogens is 3. The van der Waals surface area contributed by atoms with Gasteiger partial charge in [-0.3, -0.25) is 0 Å². The molecule has 0 radical (unpaired) electrons. The first kappa shape index (κ1) is 8.67. The second-order valence-electron chi connectivity index (χ2n) is 2.31. The summed E-state index contributed by atoms with van der Waals surface area (Å²) in [5.41, 5.74) is 0.729. The van der Waals surface area contributed by atoms with Crippen molar-refractivity contribution >= 4 is 15.9 Å². The standard InChI is InChI=1S/C6H10BrN3O/c1-3-4(11)5-6(7)8-9-10(5)2/h4,11H,3H2,1-2H3. The Kier molecular flexibility index (Phi) is 2.62. The minimum Gasteiger partial charge on any atom is -0.387 e. The molecule has 1 aromatic rings. The Morgan fingerprint density at radius 3 is 2.73 bits per heavy atom. The zero-order chi connectivity index (χ0) is 8.43. The number of hydrogen-bond acceptors (Lipinski definition) is 3. The molecule has 1 heterocycles. The largest absolute Gasteiger partial charge is 0.387 e. The van der Waals surface area contributed by atoms with Crippen LogP contribution < -0.4 is 0 Å². The van der Waals surface area contributed by atoms with Crippen LogP contribution in [0.1, 0.15) is 25.1 Å². The van der Waals surface area contributed by atoms with Crippen LogP contribution in [0.2, 0.25) is 0 Å². The first-order valence-corrected chi connectivity index (χ1v) is 4.19. The van der Waals surface area contributed by atoms with Crippen LogP contribution in [-0.2, 0) is 7.05 Å². The molecule has 0 amide bonds. The Balaban J connectivity index is 3.00. The summed E-state index contributed by atoms with van der Waals surface area (Å²) in [6.45, 7) is 1.91. The van der Waals surface area contributed by atoms with E-state index >= 15 is 0 Å². The highest BCUT2D eigenvalue weighted by Gasteiger charge is 2.14. The van der Waals surface area contributed by atoms with Gasteiger partial charge in [-0.15, -0.1) is 5.10 Å². The van der Waals surface area contributed by atoms with Crippen molar-refractivity contribution < 1.29 is 5.11 Å². The first-order chi connectivity index (χ1) is 5.16. The predicted molar refractivity (Wildman–Crippen MR) is 44.0 cm³/mol. The number of nitrogens with zero attached hydrogens (tertiary/aromatic N) is 3. The third kappa shape index (κ3) is 1.59. The van der Waals surface area contributed by atoms with Crippen LogP contribution in [-0.4, -0.2) is 20.1 Å². The van der Waals surface area contributed by atoms with Crippen molar-refractivity contribution in [1.82, 2.24) is 15.0 Å². The van der Waals surface area contributed by atoms with Gasteiger partial charge in [-0.1, -0.05) is 12.1 Å². The Hall–Kier alpha value is -0.420. The zero-order valence-electron chi connectivity index (χ0n) is 6.45. The van der Waals surface area contributed by atoms with E-state index in [1.54, 1.807) is 11.7 Å². The zero-order valence-corrected chi connectivity index (χ0v) is 8.04. The van der Waals surface area contributed by atoms with Gasteiger partial charge in [-0.25, -0.2) is 4.68 Å². The fraction of sp³-hybridized carbons (Fsp3) is 0.667. The van der Waals surface area contributed by atoms with Crippen LogP contribution in [0.5, 0.6) is 0 Å². The van der Waals surface area contributed by atoms with Crippen molar-refractivity contribution in [2.75, 3.05) is 0 Å². The van der Waals surface area contributed by atoms with Gasteiger partial charge in [0, 0.05) is 7.05 Å². The number of aliphatic hydroxyl groups excluding tert-OH is 1. The lowest BCUT2D eigenvalue weighted by Crippen LogP contribution is -2.04. The molecule has 1 rings (SSSR count). The molecule has 11 heavy (non-hydrogen) atoms. The van der Waals surface area contributed by atoms with Crippen molar-refractivity contribution in [3.05, 3.63) is 10.3 Å². The molecule has 0 saturated heterocycles. The van der Waals surface area contributed by atoms with Crippen molar-refractivity contribution in [3.8, 4) is 0 Å². The highest BCUT2D eigenvalue weighted by molar-refractivity contribution is 9.10. The monoisotopic (exact) mass is 219 g/mol. The fourth-order valence-electron chi connectivity index (χ4n) is 0.886. The Bertz CT molecular complexity index is 228. The topological polar surface area (TPSA) is 50.9 Å². The number of halogens is 1. The lowest BCUT2D eigenvalue weighted by Gasteiger charge is -2.06. The van der Waals surface area contributed by atoms with Crippen LogP contribution in [0.25, 0.3) is 0 Å². The highest BCUT2D eigenvalue weighted by Crippen LogP contribution is 2.21. The van der Waals surface area contributed by atoms with Gasteiger partial charge in [0.15, 0.2) is 4.60 Å². The van der Waals surface area contributed by atoms with Crippen LogP contribution >= 0.6 is 15.9 Å². The minimum atomic E-state index is -0.482. The van der Waals surface area contributed by atoms with E-state index < -0.39 is 6.10 Å².